The largest absolute Gasteiger partial charge is 0.496 e. The number of allylic oxidation sites excluding steroid dienone is 5. The Hall–Kier alpha value is -1.16. The Morgan fingerprint density at radius 3 is 3.04 bits per heavy atom. The summed E-state index contributed by atoms with van der Waals surface area (Å²) in [5.41, 5.74) is 5.84. The monoisotopic (exact) mass is 420 g/mol. The van der Waals surface area contributed by atoms with Crippen LogP contribution in [0, 0.1) is 0 Å². The minimum Gasteiger partial charge on any atom is -0.496 e. The highest BCUT2D eigenvalue weighted by molar-refractivity contribution is 9.11. The number of aliphatic imine (C=N–C) groups is 1. The lowest BCUT2D eigenvalue weighted by atomic mass is 10.0. The normalized spacial score (nSPS) is 20.4. The van der Waals surface area contributed by atoms with Gasteiger partial charge < -0.3 is 9.64 Å². The molecule has 5 heteroatoms. The molecule has 0 bridgehead atoms. The van der Waals surface area contributed by atoms with Gasteiger partial charge in [0.15, 0.2) is 0 Å². The molecule has 0 aromatic rings. The predicted octanol–water partition coefficient (Wildman–Crippen LogP) is 5.19. The fraction of sp³-hybridized carbons (Fsp3) is 0.500. The van der Waals surface area contributed by atoms with E-state index in [0.29, 0.717) is 0 Å². The molecule has 0 amide bonds. The molecule has 0 N–H and O–H groups in total. The third-order valence-corrected chi connectivity index (χ3v) is 6.23. The number of hydrogen-bond acceptors (Lipinski definition) is 4. The summed E-state index contributed by atoms with van der Waals surface area (Å²) in [6, 6.07) is 0. The Bertz CT molecular complexity index is 711. The molecule has 0 saturated carbocycles. The van der Waals surface area contributed by atoms with Crippen molar-refractivity contribution in [1.29, 1.82) is 0 Å². The van der Waals surface area contributed by atoms with Crippen molar-refractivity contribution >= 4 is 33.5 Å². The van der Waals surface area contributed by atoms with Crippen LogP contribution < -0.4 is 0 Å². The highest BCUT2D eigenvalue weighted by Crippen LogP contribution is 2.38. The maximum Gasteiger partial charge on any atom is 0.129 e. The highest BCUT2D eigenvalue weighted by Gasteiger charge is 2.26. The molecule has 2 aliphatic heterocycles. The molecular weight excluding hydrogens is 396 g/mol. The fourth-order valence-corrected chi connectivity index (χ4v) is 5.00. The average Bonchev–Trinajstić information content (AvgIpc) is 3.20. The van der Waals surface area contributed by atoms with E-state index < -0.39 is 0 Å². The molecule has 25 heavy (non-hydrogen) atoms. The molecule has 0 aromatic heterocycles. The Labute approximate surface area is 163 Å². The third-order valence-electron chi connectivity index (χ3n) is 4.56. The summed E-state index contributed by atoms with van der Waals surface area (Å²) in [5.74, 6) is 3.35. The Morgan fingerprint density at radius 2 is 2.24 bits per heavy atom. The molecule has 0 radical (unpaired) electrons. The van der Waals surface area contributed by atoms with Gasteiger partial charge in [0.1, 0.15) is 11.6 Å². The lowest BCUT2D eigenvalue weighted by Crippen LogP contribution is -2.29. The van der Waals surface area contributed by atoms with Crippen LogP contribution in [0.4, 0.5) is 0 Å². The number of thioether (sulfide) groups is 1. The van der Waals surface area contributed by atoms with Crippen molar-refractivity contribution in [3.63, 3.8) is 0 Å². The van der Waals surface area contributed by atoms with Crippen LogP contribution in [0.1, 0.15) is 32.6 Å². The van der Waals surface area contributed by atoms with E-state index in [2.05, 4.69) is 39.6 Å². The molecule has 3 aliphatic rings. The second kappa shape index (κ2) is 8.98. The van der Waals surface area contributed by atoms with Crippen LogP contribution in [0.3, 0.4) is 0 Å². The second-order valence-electron chi connectivity index (χ2n) is 6.27. The van der Waals surface area contributed by atoms with Gasteiger partial charge in [-0.2, -0.15) is 0 Å². The maximum absolute atomic E-state index is 5.54. The van der Waals surface area contributed by atoms with E-state index in [4.69, 9.17) is 9.73 Å². The lowest BCUT2D eigenvalue weighted by Gasteiger charge is -2.21. The van der Waals surface area contributed by atoms with E-state index >= 15 is 0 Å². The lowest BCUT2D eigenvalue weighted by molar-refractivity contribution is 0.302. The van der Waals surface area contributed by atoms with Crippen molar-refractivity contribution in [2.24, 2.45) is 4.99 Å². The quantitative estimate of drug-likeness (QED) is 0.529. The van der Waals surface area contributed by atoms with Crippen molar-refractivity contribution in [3.8, 4) is 0 Å². The van der Waals surface area contributed by atoms with Crippen LogP contribution in [-0.4, -0.2) is 43.2 Å². The Balaban J connectivity index is 1.76. The van der Waals surface area contributed by atoms with Crippen molar-refractivity contribution in [2.75, 3.05) is 32.5 Å². The van der Waals surface area contributed by atoms with Gasteiger partial charge in [-0.25, -0.2) is 0 Å². The summed E-state index contributed by atoms with van der Waals surface area (Å²) in [6.07, 6.45) is 10.3. The molecule has 1 aliphatic carbocycles. The summed E-state index contributed by atoms with van der Waals surface area (Å²) in [7, 11) is 1.73. The van der Waals surface area contributed by atoms with Gasteiger partial charge in [-0.1, -0.05) is 22.9 Å². The van der Waals surface area contributed by atoms with E-state index in [0.717, 1.165) is 49.1 Å². The number of amidine groups is 1. The molecule has 0 aromatic carbocycles. The van der Waals surface area contributed by atoms with Crippen molar-refractivity contribution < 1.29 is 4.74 Å². The zero-order valence-corrected chi connectivity index (χ0v) is 17.4. The minimum atomic E-state index is 0.904. The average molecular weight is 421 g/mol. The number of rotatable bonds is 7. The van der Waals surface area contributed by atoms with Crippen LogP contribution in [0.25, 0.3) is 0 Å². The van der Waals surface area contributed by atoms with E-state index in [1.165, 1.54) is 34.1 Å². The number of ether oxygens (including phenoxy) is 1. The van der Waals surface area contributed by atoms with Crippen molar-refractivity contribution in [1.82, 2.24) is 4.90 Å². The van der Waals surface area contributed by atoms with E-state index in [1.807, 2.05) is 23.9 Å². The number of nitrogens with zero attached hydrogens (tertiary/aromatic N) is 2. The highest BCUT2D eigenvalue weighted by atomic mass is 79.9. The number of methoxy groups -OCH3 is 1. The van der Waals surface area contributed by atoms with Crippen LogP contribution in [-0.2, 0) is 4.74 Å². The maximum atomic E-state index is 5.54. The molecule has 0 saturated heterocycles. The summed E-state index contributed by atoms with van der Waals surface area (Å²) < 4.78 is 6.58. The fourth-order valence-electron chi connectivity index (χ4n) is 3.42. The molecule has 3 nitrogen and oxygen atoms in total. The number of halogens is 1. The summed E-state index contributed by atoms with van der Waals surface area (Å²) in [6.45, 7) is 5.38. The van der Waals surface area contributed by atoms with Gasteiger partial charge in [0.25, 0.3) is 0 Å². The van der Waals surface area contributed by atoms with Gasteiger partial charge in [-0.3, -0.25) is 4.99 Å². The van der Waals surface area contributed by atoms with Crippen LogP contribution >= 0.6 is 27.7 Å². The van der Waals surface area contributed by atoms with E-state index in [9.17, 15) is 0 Å². The molecule has 0 unspecified atom stereocenters. The minimum absolute atomic E-state index is 0.904. The summed E-state index contributed by atoms with van der Waals surface area (Å²) in [5, 5.41) is 0. The zero-order chi connectivity index (χ0) is 17.6. The van der Waals surface area contributed by atoms with Gasteiger partial charge >= 0.3 is 0 Å². The van der Waals surface area contributed by atoms with Crippen LogP contribution in [0.2, 0.25) is 0 Å². The van der Waals surface area contributed by atoms with Crippen molar-refractivity contribution in [3.05, 3.63) is 50.3 Å². The van der Waals surface area contributed by atoms with Gasteiger partial charge in [-0.15, -0.1) is 17.5 Å². The topological polar surface area (TPSA) is 24.8 Å². The smallest absolute Gasteiger partial charge is 0.129 e. The molecule has 134 valence electrons. The molecule has 0 spiro atoms. The Morgan fingerprint density at radius 1 is 1.36 bits per heavy atom. The standard InChI is InChI=1S/C20H25BrN2OS/c1-3-11-23-12-10-22-20(23)17-9-13-25-19(17)8-7-15-14-16(21)5-4-6-18(15)24-2/h5-6,14H,3,7-13H2,1-2H3. The Kier molecular flexibility index (Phi) is 6.69. The van der Waals surface area contributed by atoms with Gasteiger partial charge in [0.2, 0.25) is 0 Å². The molecule has 0 atom stereocenters. The molecule has 3 rings (SSSR count). The SMILES string of the molecule is CCCN1CCN=C1C1=C(CCC2=C(OC)C=C=CC(Br)=C2)SCC1. The van der Waals surface area contributed by atoms with Gasteiger partial charge in [0, 0.05) is 35.0 Å². The second-order valence-corrected chi connectivity index (χ2v) is 8.38. The first-order chi connectivity index (χ1) is 12.2. The van der Waals surface area contributed by atoms with Crippen molar-refractivity contribution in [2.45, 2.75) is 32.6 Å². The molecule has 2 heterocycles. The van der Waals surface area contributed by atoms with Crippen LogP contribution in [0.5, 0.6) is 0 Å². The van der Waals surface area contributed by atoms with Gasteiger partial charge in [0.05, 0.1) is 13.7 Å². The van der Waals surface area contributed by atoms with E-state index in [-0.39, 0.29) is 0 Å². The van der Waals surface area contributed by atoms with E-state index in [1.54, 1.807) is 7.11 Å². The molecular formula is C20H25BrN2OS. The van der Waals surface area contributed by atoms with Crippen LogP contribution in [0.15, 0.2) is 55.2 Å². The third kappa shape index (κ3) is 4.52. The first-order valence-corrected chi connectivity index (χ1v) is 10.7. The first kappa shape index (κ1) is 18.6. The number of hydrogen-bond donors (Lipinski definition) is 0. The zero-order valence-electron chi connectivity index (χ0n) is 15.0. The van der Waals surface area contributed by atoms with Gasteiger partial charge in [-0.05, 0) is 48.3 Å². The summed E-state index contributed by atoms with van der Waals surface area (Å²) >= 11 is 5.57. The summed E-state index contributed by atoms with van der Waals surface area (Å²) in [4.78, 5) is 8.79. The predicted molar refractivity (Wildman–Crippen MR) is 111 cm³/mol. The molecule has 0 fully saturated rings. The first-order valence-electron chi connectivity index (χ1n) is 8.94.